The van der Waals surface area contributed by atoms with Gasteiger partial charge in [0.25, 0.3) is 5.56 Å². The van der Waals surface area contributed by atoms with E-state index in [4.69, 9.17) is 9.40 Å². The highest BCUT2D eigenvalue weighted by molar-refractivity contribution is 5.94. The molecule has 35 heavy (non-hydrogen) atoms. The maximum atomic E-state index is 13.1. The van der Waals surface area contributed by atoms with Gasteiger partial charge < -0.3 is 14.8 Å². The predicted molar refractivity (Wildman–Crippen MR) is 132 cm³/mol. The number of pyridine rings is 1. The third kappa shape index (κ3) is 3.97. The van der Waals surface area contributed by atoms with E-state index in [1.807, 2.05) is 32.9 Å². The first-order valence-electron chi connectivity index (χ1n) is 11.0. The van der Waals surface area contributed by atoms with Gasteiger partial charge in [0.05, 0.1) is 22.8 Å². The number of para-hydroxylation sites is 1. The normalized spacial score (nSPS) is 12.2. The van der Waals surface area contributed by atoms with Crippen molar-refractivity contribution in [3.05, 3.63) is 97.9 Å². The summed E-state index contributed by atoms with van der Waals surface area (Å²) in [6.45, 7) is 5.59. The first-order chi connectivity index (χ1) is 16.7. The smallest absolute Gasteiger partial charge is 0.417 e. The van der Waals surface area contributed by atoms with E-state index >= 15 is 0 Å². The third-order valence-corrected chi connectivity index (χ3v) is 5.92. The molecule has 0 bridgehead atoms. The number of anilines is 1. The Kier molecular flexibility index (Phi) is 5.24. The lowest BCUT2D eigenvalue weighted by atomic mass is 10.0. The van der Waals surface area contributed by atoms with E-state index in [1.54, 1.807) is 30.5 Å². The van der Waals surface area contributed by atoms with Crippen LogP contribution < -0.4 is 16.6 Å². The zero-order valence-corrected chi connectivity index (χ0v) is 19.2. The lowest BCUT2D eigenvalue weighted by molar-refractivity contribution is 0.0698. The molecule has 0 aliphatic carbocycles. The number of nitrogens with one attached hydrogen (secondary N) is 2. The zero-order valence-electron chi connectivity index (χ0n) is 19.2. The fourth-order valence-electron chi connectivity index (χ4n) is 4.32. The maximum absolute atomic E-state index is 13.1. The number of fused-ring (bicyclic) bond motifs is 2. The van der Waals surface area contributed by atoms with E-state index in [-0.39, 0.29) is 17.2 Å². The van der Waals surface area contributed by atoms with Crippen molar-refractivity contribution in [1.29, 1.82) is 0 Å². The van der Waals surface area contributed by atoms with E-state index in [0.29, 0.717) is 33.7 Å². The highest BCUT2D eigenvalue weighted by atomic mass is 16.4. The Morgan fingerprint density at radius 2 is 1.91 bits per heavy atom. The SMILES string of the molecule is Cc1cc(C(C)Nc2ccccc2C(=O)O)c2nc(-c3cc(C)c4oc(=O)[nH]c4c3)cc(=O)n2c1. The molecule has 1 unspecified atom stereocenters. The van der Waals surface area contributed by atoms with Crippen molar-refractivity contribution in [2.24, 2.45) is 0 Å². The summed E-state index contributed by atoms with van der Waals surface area (Å²) in [7, 11) is 0. The molecule has 0 saturated heterocycles. The van der Waals surface area contributed by atoms with Crippen molar-refractivity contribution in [1.82, 2.24) is 14.4 Å². The lowest BCUT2D eigenvalue weighted by Gasteiger charge is -2.20. The Labute approximate surface area is 198 Å². The number of carbonyl (C=O) groups is 1. The first-order valence-corrected chi connectivity index (χ1v) is 11.0. The number of hydrogen-bond acceptors (Lipinski definition) is 6. The number of aromatic amines is 1. The van der Waals surface area contributed by atoms with Crippen LogP contribution in [0.25, 0.3) is 28.0 Å². The van der Waals surface area contributed by atoms with Crippen LogP contribution in [0.3, 0.4) is 0 Å². The molecule has 3 N–H and O–H groups in total. The van der Waals surface area contributed by atoms with Crippen molar-refractivity contribution in [3.63, 3.8) is 0 Å². The Balaban J connectivity index is 1.66. The molecule has 176 valence electrons. The van der Waals surface area contributed by atoms with Gasteiger partial charge in [0, 0.05) is 29.1 Å². The van der Waals surface area contributed by atoms with Gasteiger partial charge in [-0.25, -0.2) is 14.6 Å². The highest BCUT2D eigenvalue weighted by Gasteiger charge is 2.18. The Hall–Kier alpha value is -4.66. The number of benzene rings is 2. The molecule has 2 aromatic carbocycles. The van der Waals surface area contributed by atoms with Crippen LogP contribution in [0.2, 0.25) is 0 Å². The van der Waals surface area contributed by atoms with Gasteiger partial charge in [-0.1, -0.05) is 12.1 Å². The van der Waals surface area contributed by atoms with Crippen molar-refractivity contribution in [2.75, 3.05) is 5.32 Å². The molecule has 5 aromatic rings. The Morgan fingerprint density at radius 3 is 2.69 bits per heavy atom. The second-order valence-electron chi connectivity index (χ2n) is 8.55. The minimum atomic E-state index is -1.03. The van der Waals surface area contributed by atoms with E-state index in [2.05, 4.69) is 10.3 Å². The summed E-state index contributed by atoms with van der Waals surface area (Å²) in [5, 5.41) is 12.8. The van der Waals surface area contributed by atoms with E-state index in [1.165, 1.54) is 16.5 Å². The molecule has 5 rings (SSSR count). The first kappa shape index (κ1) is 22.1. The van der Waals surface area contributed by atoms with Gasteiger partial charge in [0.15, 0.2) is 5.58 Å². The number of aromatic carboxylic acids is 1. The number of H-pyrrole nitrogens is 1. The second-order valence-corrected chi connectivity index (χ2v) is 8.55. The van der Waals surface area contributed by atoms with Crippen LogP contribution in [0.15, 0.2) is 68.7 Å². The molecule has 0 radical (unpaired) electrons. The molecule has 0 aliphatic heterocycles. The molecule has 0 spiro atoms. The van der Waals surface area contributed by atoms with Crippen LogP contribution in [0.4, 0.5) is 5.69 Å². The number of hydrogen-bond donors (Lipinski definition) is 3. The quantitative estimate of drug-likeness (QED) is 0.349. The molecule has 0 saturated carbocycles. The molecule has 0 amide bonds. The number of aromatic nitrogens is 3. The van der Waals surface area contributed by atoms with Gasteiger partial charge in [0.2, 0.25) is 0 Å². The van der Waals surface area contributed by atoms with Crippen LogP contribution in [0, 0.1) is 13.8 Å². The number of rotatable bonds is 5. The molecule has 3 aromatic heterocycles. The topological polar surface area (TPSA) is 130 Å². The number of oxazole rings is 1. The Morgan fingerprint density at radius 1 is 1.14 bits per heavy atom. The number of aryl methyl sites for hydroxylation is 2. The van der Waals surface area contributed by atoms with Gasteiger partial charge in [-0.05, 0) is 62.2 Å². The molecular weight excluding hydrogens is 448 g/mol. The molecule has 0 fully saturated rings. The molecule has 3 heterocycles. The van der Waals surface area contributed by atoms with Crippen molar-refractivity contribution in [2.45, 2.75) is 26.8 Å². The van der Waals surface area contributed by atoms with E-state index in [9.17, 15) is 19.5 Å². The molecule has 9 nitrogen and oxygen atoms in total. The van der Waals surface area contributed by atoms with Gasteiger partial charge >= 0.3 is 11.7 Å². The van der Waals surface area contributed by atoms with E-state index in [0.717, 1.165) is 16.7 Å². The van der Waals surface area contributed by atoms with Crippen LogP contribution in [-0.4, -0.2) is 25.4 Å². The van der Waals surface area contributed by atoms with Gasteiger partial charge in [-0.3, -0.25) is 14.2 Å². The minimum Gasteiger partial charge on any atom is -0.478 e. The predicted octanol–water partition coefficient (Wildman–Crippen LogP) is 4.28. The largest absolute Gasteiger partial charge is 0.478 e. The third-order valence-electron chi connectivity index (χ3n) is 5.92. The maximum Gasteiger partial charge on any atom is 0.417 e. The molecule has 1 atom stereocenters. The molecule has 0 aliphatic rings. The minimum absolute atomic E-state index is 0.153. The summed E-state index contributed by atoms with van der Waals surface area (Å²) < 4.78 is 6.67. The van der Waals surface area contributed by atoms with Crippen molar-refractivity contribution >= 4 is 28.4 Å². The van der Waals surface area contributed by atoms with Gasteiger partial charge in [0.1, 0.15) is 5.65 Å². The zero-order chi connectivity index (χ0) is 24.9. The summed E-state index contributed by atoms with van der Waals surface area (Å²) >= 11 is 0. The fourth-order valence-corrected chi connectivity index (χ4v) is 4.32. The lowest BCUT2D eigenvalue weighted by Crippen LogP contribution is -2.19. The fraction of sp³-hybridized carbons (Fsp3) is 0.154. The average Bonchev–Trinajstić information content (AvgIpc) is 3.20. The summed E-state index contributed by atoms with van der Waals surface area (Å²) in [6, 6.07) is 13.2. The van der Waals surface area contributed by atoms with Gasteiger partial charge in [-0.15, -0.1) is 0 Å². The van der Waals surface area contributed by atoms with E-state index < -0.39 is 11.7 Å². The van der Waals surface area contributed by atoms with Crippen LogP contribution in [0.5, 0.6) is 0 Å². The van der Waals surface area contributed by atoms with Crippen LogP contribution in [-0.2, 0) is 0 Å². The number of carboxylic acid groups (broad SMARTS) is 1. The molecule has 9 heteroatoms. The number of carboxylic acids is 1. The molecular formula is C26H22N4O5. The van der Waals surface area contributed by atoms with Gasteiger partial charge in [-0.2, -0.15) is 0 Å². The number of nitrogens with zero attached hydrogens (tertiary/aromatic N) is 2. The summed E-state index contributed by atoms with van der Waals surface area (Å²) in [5.41, 5.74) is 5.24. The average molecular weight is 470 g/mol. The van der Waals surface area contributed by atoms with Crippen LogP contribution >= 0.6 is 0 Å². The van der Waals surface area contributed by atoms with Crippen molar-refractivity contribution in [3.8, 4) is 11.3 Å². The highest BCUT2D eigenvalue weighted by Crippen LogP contribution is 2.28. The monoisotopic (exact) mass is 470 g/mol. The summed E-state index contributed by atoms with van der Waals surface area (Å²) in [6.07, 6.45) is 1.72. The van der Waals surface area contributed by atoms with Crippen LogP contribution in [0.1, 0.15) is 40.0 Å². The standard InChI is InChI=1S/C26H22N4O5/c1-13-8-18(15(3)27-19-7-5-4-6-17(19)25(32)33)24-28-20(11-22(31)30(24)12-13)16-9-14(2)23-21(10-16)29-26(34)35-23/h4-12,15,27H,1-3H3,(H,29,34)(H,32,33). The Bertz CT molecular complexity index is 1750. The summed E-state index contributed by atoms with van der Waals surface area (Å²) in [5.74, 6) is -1.58. The second kappa shape index (κ2) is 8.28. The summed E-state index contributed by atoms with van der Waals surface area (Å²) in [4.78, 5) is 43.9. The van der Waals surface area contributed by atoms with Crippen molar-refractivity contribution < 1.29 is 14.3 Å².